The number of carboxylic acids is 1. The van der Waals surface area contributed by atoms with E-state index in [4.69, 9.17) is 9.47 Å². The average molecular weight is 442 g/mol. The van der Waals surface area contributed by atoms with Gasteiger partial charge in [0.05, 0.1) is 7.11 Å². The average Bonchev–Trinajstić information content (AvgIpc) is 3.03. The van der Waals surface area contributed by atoms with Crippen LogP contribution in [0, 0.1) is 6.92 Å². The molecule has 3 rings (SSSR count). The molecule has 1 aliphatic carbocycles. The number of carbonyl (C=O) groups is 2. The number of aliphatic carboxylic acids is 1. The van der Waals surface area contributed by atoms with Crippen LogP contribution in [-0.4, -0.2) is 41.3 Å². The number of carboxylic acid groups (broad SMARTS) is 1. The highest BCUT2D eigenvalue weighted by molar-refractivity contribution is 5.98. The van der Waals surface area contributed by atoms with Crippen molar-refractivity contribution < 1.29 is 29.3 Å². The first kappa shape index (κ1) is 23.6. The number of hydrogen-bond donors (Lipinski definition) is 3. The molecule has 0 radical (unpaired) electrons. The lowest BCUT2D eigenvalue weighted by atomic mass is 9.90. The minimum atomic E-state index is -1.25. The summed E-state index contributed by atoms with van der Waals surface area (Å²) in [6.07, 6.45) is 3.44. The Hall–Kier alpha value is -3.06. The third-order valence-electron chi connectivity index (χ3n) is 5.97. The number of aliphatic hydroxyl groups is 1. The summed E-state index contributed by atoms with van der Waals surface area (Å²) < 4.78 is 11.1. The third-order valence-corrected chi connectivity index (χ3v) is 5.97. The van der Waals surface area contributed by atoms with Crippen LogP contribution in [-0.2, 0) is 4.79 Å². The number of amides is 1. The number of nitrogens with one attached hydrogen (secondary N) is 1. The number of carbonyl (C=O) groups excluding carboxylic acids is 1. The van der Waals surface area contributed by atoms with E-state index in [1.165, 1.54) is 13.2 Å². The van der Waals surface area contributed by atoms with Crippen LogP contribution in [0.15, 0.2) is 42.5 Å². The zero-order valence-electron chi connectivity index (χ0n) is 18.6. The van der Waals surface area contributed by atoms with Crippen LogP contribution in [0.5, 0.6) is 11.5 Å². The first-order valence-corrected chi connectivity index (χ1v) is 11.0. The van der Waals surface area contributed by atoms with Gasteiger partial charge in [-0.1, -0.05) is 55.5 Å². The van der Waals surface area contributed by atoms with E-state index in [0.29, 0.717) is 24.3 Å². The van der Waals surface area contributed by atoms with Crippen LogP contribution >= 0.6 is 0 Å². The topological polar surface area (TPSA) is 105 Å². The third kappa shape index (κ3) is 5.59. The molecule has 1 aliphatic rings. The van der Waals surface area contributed by atoms with Crippen LogP contribution in [0.4, 0.5) is 0 Å². The first-order valence-electron chi connectivity index (χ1n) is 11.0. The molecular formula is C25H31NO6. The van der Waals surface area contributed by atoms with Gasteiger partial charge in [0.15, 0.2) is 11.5 Å². The molecule has 172 valence electrons. The highest BCUT2D eigenvalue weighted by Gasteiger charge is 2.40. The fourth-order valence-corrected chi connectivity index (χ4v) is 4.09. The predicted molar refractivity (Wildman–Crippen MR) is 120 cm³/mol. The van der Waals surface area contributed by atoms with Crippen molar-refractivity contribution >= 4 is 11.9 Å². The van der Waals surface area contributed by atoms with E-state index in [9.17, 15) is 19.8 Å². The SMILES string of the molecule is COc1ccc(C(=O)NC2(C(=O)O)CCCCCC2)cc1OCC(O)c1cccc(C)c1. The van der Waals surface area contributed by atoms with Crippen molar-refractivity contribution in [2.75, 3.05) is 13.7 Å². The van der Waals surface area contributed by atoms with Gasteiger partial charge in [0.25, 0.3) is 5.91 Å². The Kier molecular flexibility index (Phi) is 7.75. The minimum Gasteiger partial charge on any atom is -0.493 e. The van der Waals surface area contributed by atoms with Gasteiger partial charge in [0, 0.05) is 5.56 Å². The van der Waals surface area contributed by atoms with Gasteiger partial charge in [-0.25, -0.2) is 4.79 Å². The predicted octanol–water partition coefficient (Wildman–Crippen LogP) is 4.02. The Morgan fingerprint density at radius 2 is 1.78 bits per heavy atom. The molecule has 2 aromatic rings. The maximum absolute atomic E-state index is 13.0. The summed E-state index contributed by atoms with van der Waals surface area (Å²) in [5, 5.41) is 23.1. The number of methoxy groups -OCH3 is 1. The molecule has 0 aliphatic heterocycles. The normalized spacial score (nSPS) is 16.5. The quantitative estimate of drug-likeness (QED) is 0.535. The summed E-state index contributed by atoms with van der Waals surface area (Å²) >= 11 is 0. The molecule has 7 heteroatoms. The van der Waals surface area contributed by atoms with Crippen molar-refractivity contribution in [3.8, 4) is 11.5 Å². The van der Waals surface area contributed by atoms with Crippen LogP contribution < -0.4 is 14.8 Å². The van der Waals surface area contributed by atoms with E-state index in [-0.39, 0.29) is 12.2 Å². The van der Waals surface area contributed by atoms with Crippen LogP contribution in [0.25, 0.3) is 0 Å². The molecule has 0 saturated heterocycles. The maximum atomic E-state index is 13.0. The van der Waals surface area contributed by atoms with Gasteiger partial charge in [-0.2, -0.15) is 0 Å². The number of aliphatic hydroxyl groups excluding tert-OH is 1. The van der Waals surface area contributed by atoms with Crippen LogP contribution in [0.1, 0.15) is 66.1 Å². The second-order valence-electron chi connectivity index (χ2n) is 8.36. The lowest BCUT2D eigenvalue weighted by Gasteiger charge is -2.29. The number of ether oxygens (including phenoxy) is 2. The van der Waals surface area contributed by atoms with E-state index in [1.807, 2.05) is 31.2 Å². The lowest BCUT2D eigenvalue weighted by Crippen LogP contribution is -2.54. The molecule has 0 bridgehead atoms. The summed E-state index contributed by atoms with van der Waals surface area (Å²) in [5.74, 6) is -0.752. The van der Waals surface area contributed by atoms with Crippen LogP contribution in [0.2, 0.25) is 0 Å². The van der Waals surface area contributed by atoms with Crippen molar-refractivity contribution in [1.29, 1.82) is 0 Å². The second-order valence-corrected chi connectivity index (χ2v) is 8.36. The maximum Gasteiger partial charge on any atom is 0.329 e. The molecule has 1 fully saturated rings. The minimum absolute atomic E-state index is 0.0239. The Labute approximate surface area is 188 Å². The highest BCUT2D eigenvalue weighted by atomic mass is 16.5. The second kappa shape index (κ2) is 10.5. The lowest BCUT2D eigenvalue weighted by molar-refractivity contribution is -0.145. The zero-order chi connectivity index (χ0) is 23.1. The largest absolute Gasteiger partial charge is 0.493 e. The monoisotopic (exact) mass is 441 g/mol. The molecule has 0 heterocycles. The summed E-state index contributed by atoms with van der Waals surface area (Å²) in [4.78, 5) is 25.0. The van der Waals surface area contributed by atoms with E-state index in [0.717, 1.165) is 36.8 Å². The van der Waals surface area contributed by atoms with Crippen molar-refractivity contribution in [3.05, 3.63) is 59.2 Å². The van der Waals surface area contributed by atoms with Crippen molar-refractivity contribution in [2.24, 2.45) is 0 Å². The zero-order valence-corrected chi connectivity index (χ0v) is 18.6. The molecule has 1 unspecified atom stereocenters. The fraction of sp³-hybridized carbons (Fsp3) is 0.440. The fourth-order valence-electron chi connectivity index (χ4n) is 4.09. The summed E-state index contributed by atoms with van der Waals surface area (Å²) in [6, 6.07) is 12.2. The Morgan fingerprint density at radius 3 is 2.41 bits per heavy atom. The van der Waals surface area contributed by atoms with Gasteiger partial charge >= 0.3 is 5.97 Å². The van der Waals surface area contributed by atoms with E-state index >= 15 is 0 Å². The van der Waals surface area contributed by atoms with Gasteiger partial charge in [-0.15, -0.1) is 0 Å². The van der Waals surface area contributed by atoms with Crippen molar-refractivity contribution in [2.45, 2.75) is 57.1 Å². The molecular weight excluding hydrogens is 410 g/mol. The molecule has 0 spiro atoms. The Morgan fingerprint density at radius 1 is 1.06 bits per heavy atom. The highest BCUT2D eigenvalue weighted by Crippen LogP contribution is 2.31. The van der Waals surface area contributed by atoms with E-state index in [2.05, 4.69) is 5.32 Å². The number of rotatable bonds is 8. The summed E-state index contributed by atoms with van der Waals surface area (Å²) in [7, 11) is 1.49. The molecule has 0 aromatic heterocycles. The van der Waals surface area contributed by atoms with Gasteiger partial charge in [0.2, 0.25) is 0 Å². The molecule has 2 aromatic carbocycles. The summed E-state index contributed by atoms with van der Waals surface area (Å²) in [6.45, 7) is 1.92. The van der Waals surface area contributed by atoms with Crippen molar-refractivity contribution in [1.82, 2.24) is 5.32 Å². The standard InChI is InChI=1S/C25H31NO6/c1-17-8-7-9-18(14-17)20(27)16-32-22-15-19(10-11-21(22)31-2)23(28)26-25(24(29)30)12-5-3-4-6-13-25/h7-11,14-15,20,27H,3-6,12-13,16H2,1-2H3,(H,26,28)(H,29,30). The van der Waals surface area contributed by atoms with E-state index < -0.39 is 23.5 Å². The molecule has 7 nitrogen and oxygen atoms in total. The number of aryl methyl sites for hydroxylation is 1. The number of hydrogen-bond acceptors (Lipinski definition) is 5. The van der Waals surface area contributed by atoms with Crippen LogP contribution in [0.3, 0.4) is 0 Å². The summed E-state index contributed by atoms with van der Waals surface area (Å²) in [5.41, 5.74) is 0.782. The molecule has 1 atom stereocenters. The molecule has 1 saturated carbocycles. The molecule has 3 N–H and O–H groups in total. The first-order chi connectivity index (χ1) is 15.3. The van der Waals surface area contributed by atoms with Gasteiger partial charge in [-0.05, 0) is 43.5 Å². The van der Waals surface area contributed by atoms with Gasteiger partial charge < -0.3 is 25.0 Å². The molecule has 32 heavy (non-hydrogen) atoms. The molecule has 1 amide bonds. The van der Waals surface area contributed by atoms with E-state index in [1.54, 1.807) is 12.1 Å². The van der Waals surface area contributed by atoms with Gasteiger partial charge in [-0.3, -0.25) is 4.79 Å². The Bertz CT molecular complexity index is 949. The number of benzene rings is 2. The smallest absolute Gasteiger partial charge is 0.329 e. The van der Waals surface area contributed by atoms with Gasteiger partial charge in [0.1, 0.15) is 18.2 Å². The van der Waals surface area contributed by atoms with Crippen molar-refractivity contribution in [3.63, 3.8) is 0 Å². The Balaban J connectivity index is 1.76.